The molecular formula is C13H22N4O. The smallest absolute Gasteiger partial charge is 0.0873 e. The summed E-state index contributed by atoms with van der Waals surface area (Å²) in [5, 5.41) is 17.9. The quantitative estimate of drug-likeness (QED) is 0.870. The van der Waals surface area contributed by atoms with Gasteiger partial charge in [-0.1, -0.05) is 5.21 Å². The number of aliphatic hydroxyl groups excluding tert-OH is 1. The van der Waals surface area contributed by atoms with Gasteiger partial charge in [0, 0.05) is 30.7 Å². The molecule has 4 heterocycles. The molecule has 0 radical (unpaired) electrons. The van der Waals surface area contributed by atoms with Crippen LogP contribution in [0, 0.1) is 5.92 Å². The van der Waals surface area contributed by atoms with Gasteiger partial charge in [0.15, 0.2) is 0 Å². The number of hydrogen-bond acceptors (Lipinski definition) is 4. The molecule has 100 valence electrons. The second-order valence-corrected chi connectivity index (χ2v) is 5.94. The standard InChI is InChI=1S/C13H22N4O/c1-9(2)17-7-13(14-15-17)12-6-16-4-3-10(12)5-11(16)8-18/h7,9-12,18H,3-6,8H2,1-2H3/t10-,11-,12+/m1/s1. The van der Waals surface area contributed by atoms with Gasteiger partial charge in [-0.2, -0.15) is 0 Å². The number of nitrogens with zero attached hydrogens (tertiary/aromatic N) is 4. The van der Waals surface area contributed by atoms with Crippen molar-refractivity contribution in [2.24, 2.45) is 5.92 Å². The number of fused-ring (bicyclic) bond motifs is 3. The molecule has 0 saturated carbocycles. The summed E-state index contributed by atoms with van der Waals surface area (Å²) in [6.45, 7) is 6.70. The van der Waals surface area contributed by atoms with Gasteiger partial charge in [-0.05, 0) is 39.2 Å². The number of rotatable bonds is 3. The van der Waals surface area contributed by atoms with Crippen molar-refractivity contribution in [3.05, 3.63) is 11.9 Å². The van der Waals surface area contributed by atoms with E-state index in [9.17, 15) is 5.11 Å². The highest BCUT2D eigenvalue weighted by Crippen LogP contribution is 2.40. The predicted molar refractivity (Wildman–Crippen MR) is 68.3 cm³/mol. The normalized spacial score (nSPS) is 35.3. The Hall–Kier alpha value is -0.940. The van der Waals surface area contributed by atoms with Crippen LogP contribution in [0.2, 0.25) is 0 Å². The Labute approximate surface area is 108 Å². The summed E-state index contributed by atoms with van der Waals surface area (Å²) in [5.74, 6) is 1.18. The van der Waals surface area contributed by atoms with Crippen molar-refractivity contribution >= 4 is 0 Å². The molecule has 0 amide bonds. The summed E-state index contributed by atoms with van der Waals surface area (Å²) in [5.41, 5.74) is 1.13. The summed E-state index contributed by atoms with van der Waals surface area (Å²) < 4.78 is 1.94. The van der Waals surface area contributed by atoms with E-state index in [1.807, 2.05) is 4.68 Å². The van der Waals surface area contributed by atoms with Crippen molar-refractivity contribution in [2.75, 3.05) is 19.7 Å². The lowest BCUT2D eigenvalue weighted by Crippen LogP contribution is -2.53. The third kappa shape index (κ3) is 1.95. The molecule has 18 heavy (non-hydrogen) atoms. The van der Waals surface area contributed by atoms with Crippen molar-refractivity contribution in [1.82, 2.24) is 19.9 Å². The van der Waals surface area contributed by atoms with Crippen LogP contribution in [0.15, 0.2) is 6.20 Å². The van der Waals surface area contributed by atoms with Gasteiger partial charge < -0.3 is 5.11 Å². The van der Waals surface area contributed by atoms with Crippen molar-refractivity contribution in [3.8, 4) is 0 Å². The largest absolute Gasteiger partial charge is 0.395 e. The third-order valence-corrected chi connectivity index (χ3v) is 4.53. The molecule has 3 saturated heterocycles. The minimum Gasteiger partial charge on any atom is -0.395 e. The fraction of sp³-hybridized carbons (Fsp3) is 0.846. The van der Waals surface area contributed by atoms with Gasteiger partial charge in [0.25, 0.3) is 0 Å². The Kier molecular flexibility index (Phi) is 3.11. The molecule has 5 nitrogen and oxygen atoms in total. The first-order chi connectivity index (χ1) is 8.69. The Balaban J connectivity index is 1.77. The lowest BCUT2D eigenvalue weighted by molar-refractivity contribution is 0.00184. The summed E-state index contributed by atoms with van der Waals surface area (Å²) in [6, 6.07) is 0.748. The van der Waals surface area contributed by atoms with Crippen LogP contribution in [0.3, 0.4) is 0 Å². The predicted octanol–water partition coefficient (Wildman–Crippen LogP) is 1.03. The zero-order valence-corrected chi connectivity index (χ0v) is 11.2. The van der Waals surface area contributed by atoms with Crippen LogP contribution >= 0.6 is 0 Å². The van der Waals surface area contributed by atoms with E-state index in [-0.39, 0.29) is 0 Å². The van der Waals surface area contributed by atoms with E-state index in [4.69, 9.17) is 0 Å². The fourth-order valence-electron chi connectivity index (χ4n) is 3.38. The second-order valence-electron chi connectivity index (χ2n) is 5.94. The Morgan fingerprint density at radius 3 is 2.89 bits per heavy atom. The number of hydrogen-bond donors (Lipinski definition) is 1. The lowest BCUT2D eigenvalue weighted by Gasteiger charge is -2.48. The second kappa shape index (κ2) is 4.63. The van der Waals surface area contributed by atoms with Crippen LogP contribution < -0.4 is 0 Å². The maximum Gasteiger partial charge on any atom is 0.0873 e. The first-order valence-electron chi connectivity index (χ1n) is 6.95. The molecular weight excluding hydrogens is 228 g/mol. The first kappa shape index (κ1) is 12.1. The molecule has 2 bridgehead atoms. The first-order valence-corrected chi connectivity index (χ1v) is 6.95. The van der Waals surface area contributed by atoms with E-state index in [1.165, 1.54) is 6.42 Å². The van der Waals surface area contributed by atoms with Crippen LogP contribution in [0.5, 0.6) is 0 Å². The molecule has 5 heteroatoms. The van der Waals surface area contributed by atoms with Gasteiger partial charge in [0.1, 0.15) is 0 Å². The number of aliphatic hydroxyl groups is 1. The van der Waals surface area contributed by atoms with Crippen LogP contribution in [-0.4, -0.2) is 50.7 Å². The summed E-state index contributed by atoms with van der Waals surface area (Å²) in [6.07, 6.45) is 4.44. The van der Waals surface area contributed by atoms with Crippen LogP contribution in [-0.2, 0) is 0 Å². The SMILES string of the molecule is CC(C)n1cc([C@H]2CN3CC[C@@H]2C[C@@H]3CO)nn1. The molecule has 3 aliphatic rings. The minimum atomic E-state index is 0.294. The zero-order valence-electron chi connectivity index (χ0n) is 11.2. The van der Waals surface area contributed by atoms with Gasteiger partial charge in [0.2, 0.25) is 0 Å². The highest BCUT2D eigenvalue weighted by Gasteiger charge is 2.41. The summed E-state index contributed by atoms with van der Waals surface area (Å²) in [4.78, 5) is 2.42. The molecule has 4 rings (SSSR count). The van der Waals surface area contributed by atoms with E-state index in [1.54, 1.807) is 0 Å². The van der Waals surface area contributed by atoms with Gasteiger partial charge in [-0.15, -0.1) is 5.10 Å². The van der Waals surface area contributed by atoms with E-state index >= 15 is 0 Å². The van der Waals surface area contributed by atoms with Crippen molar-refractivity contribution in [2.45, 2.75) is 44.7 Å². The van der Waals surface area contributed by atoms with Gasteiger partial charge >= 0.3 is 0 Å². The van der Waals surface area contributed by atoms with E-state index in [2.05, 4.69) is 35.3 Å². The molecule has 3 fully saturated rings. The Bertz CT molecular complexity index is 417. The molecule has 1 aromatic heterocycles. The van der Waals surface area contributed by atoms with Gasteiger partial charge in [-0.25, -0.2) is 4.68 Å². The molecule has 0 aliphatic carbocycles. The average Bonchev–Trinajstić information content (AvgIpc) is 2.88. The molecule has 4 atom stereocenters. The van der Waals surface area contributed by atoms with Crippen LogP contribution in [0.25, 0.3) is 0 Å². The summed E-state index contributed by atoms with van der Waals surface area (Å²) in [7, 11) is 0. The molecule has 0 aromatic carbocycles. The average molecular weight is 250 g/mol. The van der Waals surface area contributed by atoms with E-state index in [0.29, 0.717) is 30.5 Å². The number of piperidine rings is 3. The lowest BCUT2D eigenvalue weighted by atomic mass is 9.74. The third-order valence-electron chi connectivity index (χ3n) is 4.53. The van der Waals surface area contributed by atoms with Crippen LogP contribution in [0.4, 0.5) is 0 Å². The van der Waals surface area contributed by atoms with Gasteiger partial charge in [0.05, 0.1) is 12.3 Å². The highest BCUT2D eigenvalue weighted by atomic mass is 16.3. The Morgan fingerprint density at radius 2 is 2.33 bits per heavy atom. The zero-order chi connectivity index (χ0) is 12.7. The molecule has 1 N–H and O–H groups in total. The summed E-state index contributed by atoms with van der Waals surface area (Å²) >= 11 is 0. The fourth-order valence-corrected chi connectivity index (χ4v) is 3.38. The maximum absolute atomic E-state index is 9.37. The number of aromatic nitrogens is 3. The monoisotopic (exact) mass is 250 g/mol. The van der Waals surface area contributed by atoms with Crippen molar-refractivity contribution < 1.29 is 5.11 Å². The van der Waals surface area contributed by atoms with Crippen molar-refractivity contribution in [3.63, 3.8) is 0 Å². The molecule has 0 spiro atoms. The topological polar surface area (TPSA) is 54.2 Å². The molecule has 1 unspecified atom stereocenters. The van der Waals surface area contributed by atoms with E-state index < -0.39 is 0 Å². The van der Waals surface area contributed by atoms with E-state index in [0.717, 1.165) is 25.2 Å². The van der Waals surface area contributed by atoms with Gasteiger partial charge in [-0.3, -0.25) is 4.90 Å². The van der Waals surface area contributed by atoms with Crippen molar-refractivity contribution in [1.29, 1.82) is 0 Å². The minimum absolute atomic E-state index is 0.294. The Morgan fingerprint density at radius 1 is 1.50 bits per heavy atom. The highest BCUT2D eigenvalue weighted by molar-refractivity contribution is 5.11. The molecule has 3 aliphatic heterocycles. The molecule has 1 aromatic rings. The van der Waals surface area contributed by atoms with Crippen LogP contribution in [0.1, 0.15) is 44.3 Å². The maximum atomic E-state index is 9.37.